The van der Waals surface area contributed by atoms with Gasteiger partial charge in [0.1, 0.15) is 23.2 Å². The van der Waals surface area contributed by atoms with E-state index >= 15 is 0 Å². The van der Waals surface area contributed by atoms with Crippen molar-refractivity contribution in [1.82, 2.24) is 14.2 Å². The standard InChI is InChI=1S/C32H42ClFN4O3SSi/c1-19(2)43(20(3)4,21(5)6)38-18-26(25-14-23(33)15-35-29(25)38)28(39)27-16-36-30(42-27)37(31(40)41-32(7,8)9)17-22-10-12-24(34)13-11-22/h10-16,18-21,28,39H,17H2,1-9H3. The molecule has 1 unspecified atom stereocenters. The molecule has 0 saturated heterocycles. The zero-order chi connectivity index (χ0) is 31.9. The highest BCUT2D eigenvalue weighted by atomic mass is 35.5. The second kappa shape index (κ2) is 12.7. The molecule has 3 aromatic heterocycles. The van der Waals surface area contributed by atoms with Crippen molar-refractivity contribution in [2.24, 2.45) is 0 Å². The highest BCUT2D eigenvalue weighted by Gasteiger charge is 2.46. The van der Waals surface area contributed by atoms with Gasteiger partial charge in [-0.1, -0.05) is 76.6 Å². The molecule has 7 nitrogen and oxygen atoms in total. The van der Waals surface area contributed by atoms with Crippen molar-refractivity contribution in [3.63, 3.8) is 0 Å². The molecule has 0 fully saturated rings. The number of nitrogens with zero attached hydrogens (tertiary/aromatic N) is 4. The molecular formula is C32H42ClFN4O3SSi. The highest BCUT2D eigenvalue weighted by molar-refractivity contribution is 7.15. The first-order chi connectivity index (χ1) is 20.1. The number of amides is 1. The number of carbonyl (C=O) groups is 1. The van der Waals surface area contributed by atoms with Crippen LogP contribution in [0, 0.1) is 5.82 Å². The quantitative estimate of drug-likeness (QED) is 0.184. The third-order valence-electron chi connectivity index (χ3n) is 8.01. The molecule has 0 aliphatic carbocycles. The number of rotatable bonds is 9. The summed E-state index contributed by atoms with van der Waals surface area (Å²) in [6.07, 6.45) is 3.71. The Hall–Kier alpha value is -2.79. The van der Waals surface area contributed by atoms with Crippen LogP contribution >= 0.6 is 22.9 Å². The van der Waals surface area contributed by atoms with Crippen LogP contribution in [0.4, 0.5) is 14.3 Å². The van der Waals surface area contributed by atoms with E-state index in [1.165, 1.54) is 28.4 Å². The van der Waals surface area contributed by atoms with E-state index in [1.54, 1.807) is 45.3 Å². The molecule has 1 amide bonds. The van der Waals surface area contributed by atoms with Gasteiger partial charge < -0.3 is 14.1 Å². The fourth-order valence-corrected chi connectivity index (χ4v) is 14.1. The minimum absolute atomic E-state index is 0.127. The summed E-state index contributed by atoms with van der Waals surface area (Å²) >= 11 is 7.65. The first-order valence-electron chi connectivity index (χ1n) is 14.6. The van der Waals surface area contributed by atoms with Gasteiger partial charge in [0.05, 0.1) is 16.4 Å². The number of aliphatic hydroxyl groups excluding tert-OH is 1. The third kappa shape index (κ3) is 6.67. The lowest BCUT2D eigenvalue weighted by atomic mass is 10.1. The summed E-state index contributed by atoms with van der Waals surface area (Å²) in [5.74, 6) is -0.361. The number of hydrogen-bond donors (Lipinski definition) is 1. The minimum Gasteiger partial charge on any atom is -0.443 e. The van der Waals surface area contributed by atoms with E-state index in [2.05, 4.69) is 57.0 Å². The maximum absolute atomic E-state index is 13.6. The first kappa shape index (κ1) is 33.1. The molecule has 0 spiro atoms. The Labute approximate surface area is 263 Å². The largest absolute Gasteiger partial charge is 0.443 e. The summed E-state index contributed by atoms with van der Waals surface area (Å²) in [5.41, 5.74) is 2.73. The molecule has 232 valence electrons. The van der Waals surface area contributed by atoms with Crippen LogP contribution < -0.4 is 4.90 Å². The normalized spacial score (nSPS) is 13.4. The first-order valence-corrected chi connectivity index (χ1v) is 18.0. The number of pyridine rings is 1. The van der Waals surface area contributed by atoms with Gasteiger partial charge in [0.15, 0.2) is 13.4 Å². The van der Waals surface area contributed by atoms with E-state index in [0.717, 1.165) is 11.0 Å². The highest BCUT2D eigenvalue weighted by Crippen LogP contribution is 2.46. The molecular weight excluding hydrogens is 603 g/mol. The molecule has 0 radical (unpaired) electrons. The van der Waals surface area contributed by atoms with Crippen LogP contribution in [0.2, 0.25) is 21.6 Å². The van der Waals surface area contributed by atoms with Crippen molar-refractivity contribution < 1.29 is 19.0 Å². The number of anilines is 1. The number of aliphatic hydroxyl groups is 1. The molecule has 0 aliphatic rings. The summed E-state index contributed by atoms with van der Waals surface area (Å²) in [7, 11) is -2.22. The fraction of sp³-hybridized carbons (Fsp3) is 0.469. The summed E-state index contributed by atoms with van der Waals surface area (Å²) in [4.78, 5) is 24.6. The third-order valence-corrected chi connectivity index (χ3v) is 16.0. The molecule has 43 heavy (non-hydrogen) atoms. The topological polar surface area (TPSA) is 80.5 Å². The van der Waals surface area contributed by atoms with E-state index in [4.69, 9.17) is 21.3 Å². The van der Waals surface area contributed by atoms with Crippen molar-refractivity contribution in [1.29, 1.82) is 0 Å². The lowest BCUT2D eigenvalue weighted by Crippen LogP contribution is -2.51. The molecule has 3 heterocycles. The maximum Gasteiger partial charge on any atom is 0.416 e. The van der Waals surface area contributed by atoms with E-state index in [-0.39, 0.29) is 12.4 Å². The van der Waals surface area contributed by atoms with Gasteiger partial charge in [-0.05, 0) is 61.2 Å². The van der Waals surface area contributed by atoms with Gasteiger partial charge in [0, 0.05) is 29.5 Å². The van der Waals surface area contributed by atoms with Crippen molar-refractivity contribution in [2.75, 3.05) is 4.90 Å². The van der Waals surface area contributed by atoms with Crippen LogP contribution in [0.25, 0.3) is 11.0 Å². The SMILES string of the molecule is CC(C)[Si](C(C)C)(C(C)C)n1cc(C(O)c2cnc(N(Cc3ccc(F)cc3)C(=O)OC(C)(C)C)s2)c2cc(Cl)cnc21. The molecule has 0 saturated carbocycles. The van der Waals surface area contributed by atoms with Gasteiger partial charge in [0.25, 0.3) is 0 Å². The summed E-state index contributed by atoms with van der Waals surface area (Å²) in [6, 6.07) is 7.81. The van der Waals surface area contributed by atoms with Crippen LogP contribution in [0.3, 0.4) is 0 Å². The van der Waals surface area contributed by atoms with Gasteiger partial charge >= 0.3 is 6.09 Å². The summed E-state index contributed by atoms with van der Waals surface area (Å²) < 4.78 is 21.6. The lowest BCUT2D eigenvalue weighted by Gasteiger charge is -2.44. The number of aromatic nitrogens is 3. The Bertz CT molecular complexity index is 1560. The van der Waals surface area contributed by atoms with Crippen molar-refractivity contribution >= 4 is 53.4 Å². The van der Waals surface area contributed by atoms with Gasteiger partial charge in [-0.15, -0.1) is 0 Å². The number of benzene rings is 1. The Kier molecular flexibility index (Phi) is 9.76. The van der Waals surface area contributed by atoms with Crippen LogP contribution in [-0.2, 0) is 11.3 Å². The predicted molar refractivity (Wildman–Crippen MR) is 176 cm³/mol. The average molecular weight is 645 g/mol. The number of carbonyl (C=O) groups excluding carboxylic acids is 1. The molecule has 1 N–H and O–H groups in total. The van der Waals surface area contributed by atoms with E-state index in [9.17, 15) is 14.3 Å². The fourth-order valence-electron chi connectivity index (χ4n) is 6.43. The smallest absolute Gasteiger partial charge is 0.416 e. The monoisotopic (exact) mass is 644 g/mol. The Balaban J connectivity index is 1.80. The maximum atomic E-state index is 13.6. The van der Waals surface area contributed by atoms with E-state index in [1.807, 2.05) is 6.07 Å². The van der Waals surface area contributed by atoms with Crippen molar-refractivity contribution in [3.8, 4) is 0 Å². The Morgan fingerprint density at radius 2 is 1.67 bits per heavy atom. The molecule has 1 aromatic carbocycles. The van der Waals surface area contributed by atoms with Crippen LogP contribution in [-0.4, -0.2) is 39.2 Å². The van der Waals surface area contributed by atoms with E-state index in [0.29, 0.717) is 42.8 Å². The van der Waals surface area contributed by atoms with Gasteiger partial charge in [-0.25, -0.2) is 24.1 Å². The molecule has 1 atom stereocenters. The minimum atomic E-state index is -2.22. The van der Waals surface area contributed by atoms with Gasteiger partial charge in [-0.3, -0.25) is 0 Å². The molecule has 11 heteroatoms. The second-order valence-corrected chi connectivity index (χ2v) is 20.2. The number of fused-ring (bicyclic) bond motifs is 1. The summed E-state index contributed by atoms with van der Waals surface area (Å²) in [5, 5.41) is 13.5. The average Bonchev–Trinajstić information content (AvgIpc) is 3.52. The summed E-state index contributed by atoms with van der Waals surface area (Å²) in [6.45, 7) is 19.2. The zero-order valence-electron chi connectivity index (χ0n) is 26.4. The molecule has 4 aromatic rings. The van der Waals surface area contributed by atoms with Crippen molar-refractivity contribution in [3.05, 3.63) is 75.8 Å². The number of ether oxygens (including phenoxy) is 1. The van der Waals surface area contributed by atoms with Crippen molar-refractivity contribution in [2.45, 2.75) is 97.2 Å². The van der Waals surface area contributed by atoms with Crippen LogP contribution in [0.15, 0.2) is 48.9 Å². The van der Waals surface area contributed by atoms with Crippen LogP contribution in [0.1, 0.15) is 84.4 Å². The lowest BCUT2D eigenvalue weighted by molar-refractivity contribution is 0.0577. The zero-order valence-corrected chi connectivity index (χ0v) is 28.9. The number of halogens is 2. The molecule has 0 aliphatic heterocycles. The number of hydrogen-bond acceptors (Lipinski definition) is 6. The van der Waals surface area contributed by atoms with Gasteiger partial charge in [0.2, 0.25) is 0 Å². The Morgan fingerprint density at radius 1 is 1.07 bits per heavy atom. The molecule has 4 rings (SSSR count). The van der Waals surface area contributed by atoms with Crippen LogP contribution in [0.5, 0.6) is 0 Å². The predicted octanol–water partition coefficient (Wildman–Crippen LogP) is 9.33. The number of thiazole rings is 1. The molecule has 0 bridgehead atoms. The second-order valence-electron chi connectivity index (χ2n) is 13.0. The van der Waals surface area contributed by atoms with Gasteiger partial charge in [-0.2, -0.15) is 0 Å². The van der Waals surface area contributed by atoms with E-state index < -0.39 is 26.0 Å². The Morgan fingerprint density at radius 3 is 2.23 bits per heavy atom.